The number of hydrogen-bond acceptors (Lipinski definition) is 4. The van der Waals surface area contributed by atoms with Crippen LogP contribution in [0.3, 0.4) is 0 Å². The van der Waals surface area contributed by atoms with E-state index in [9.17, 15) is 9.59 Å². The highest BCUT2D eigenvalue weighted by Gasteiger charge is 2.57. The predicted octanol–water partition coefficient (Wildman–Crippen LogP) is 2.83. The molecule has 4 aliphatic rings. The molecule has 0 spiro atoms. The summed E-state index contributed by atoms with van der Waals surface area (Å²) in [5.41, 5.74) is -0.551. The van der Waals surface area contributed by atoms with Gasteiger partial charge in [-0.25, -0.2) is 9.59 Å². The summed E-state index contributed by atoms with van der Waals surface area (Å²) in [6, 6.07) is -0.460. The highest BCUT2D eigenvalue weighted by atomic mass is 16.6. The molecule has 22 heavy (non-hydrogen) atoms. The fraction of sp³-hybridized carbons (Fsp3) is 0.882. The third-order valence-electron chi connectivity index (χ3n) is 5.64. The van der Waals surface area contributed by atoms with Crippen molar-refractivity contribution in [2.75, 3.05) is 13.7 Å². The molecule has 2 bridgehead atoms. The standard InChI is InChI=1S/C17H27NO4/c1-17(2,3)22-16(20)18-9-12-10-5-7-11(8-6-10)13(12)14(18)15(19)21-4/h10-14H,5-9H2,1-4H3/t10?,11?,12-,13+,14+/m0/s1. The molecule has 4 rings (SSSR count). The van der Waals surface area contributed by atoms with E-state index in [1.807, 2.05) is 20.8 Å². The lowest BCUT2D eigenvalue weighted by molar-refractivity contribution is -0.148. The van der Waals surface area contributed by atoms with Crippen molar-refractivity contribution >= 4 is 12.1 Å². The van der Waals surface area contributed by atoms with Gasteiger partial charge in [0.05, 0.1) is 7.11 Å². The molecule has 1 amide bonds. The smallest absolute Gasteiger partial charge is 0.411 e. The van der Waals surface area contributed by atoms with E-state index in [0.717, 1.165) is 0 Å². The second-order valence-corrected chi connectivity index (χ2v) is 8.02. The minimum Gasteiger partial charge on any atom is -0.467 e. The number of rotatable bonds is 1. The number of carbonyl (C=O) groups excluding carboxylic acids is 2. The minimum absolute atomic E-state index is 0.257. The number of nitrogens with zero attached hydrogens (tertiary/aromatic N) is 1. The maximum atomic E-state index is 12.6. The van der Waals surface area contributed by atoms with E-state index in [2.05, 4.69) is 0 Å². The number of methoxy groups -OCH3 is 1. The summed E-state index contributed by atoms with van der Waals surface area (Å²) in [4.78, 5) is 26.6. The summed E-state index contributed by atoms with van der Waals surface area (Å²) >= 11 is 0. The van der Waals surface area contributed by atoms with Crippen LogP contribution in [0, 0.1) is 23.7 Å². The van der Waals surface area contributed by atoms with Gasteiger partial charge in [0.15, 0.2) is 0 Å². The van der Waals surface area contributed by atoms with Crippen LogP contribution in [0.15, 0.2) is 0 Å². The van der Waals surface area contributed by atoms with E-state index in [0.29, 0.717) is 24.3 Å². The van der Waals surface area contributed by atoms with Gasteiger partial charge in [-0.15, -0.1) is 0 Å². The van der Waals surface area contributed by atoms with Crippen molar-refractivity contribution in [2.24, 2.45) is 23.7 Å². The van der Waals surface area contributed by atoms with Gasteiger partial charge >= 0.3 is 12.1 Å². The predicted molar refractivity (Wildman–Crippen MR) is 81.2 cm³/mol. The fourth-order valence-corrected chi connectivity index (χ4v) is 4.85. The molecule has 3 saturated carbocycles. The molecule has 0 aromatic carbocycles. The molecule has 1 aliphatic heterocycles. The van der Waals surface area contributed by atoms with Crippen LogP contribution >= 0.6 is 0 Å². The van der Waals surface area contributed by atoms with Crippen molar-refractivity contribution in [3.8, 4) is 0 Å². The van der Waals surface area contributed by atoms with Gasteiger partial charge in [-0.3, -0.25) is 4.90 Å². The Balaban J connectivity index is 1.86. The first-order chi connectivity index (χ1) is 10.3. The van der Waals surface area contributed by atoms with Crippen molar-refractivity contribution in [1.29, 1.82) is 0 Å². The van der Waals surface area contributed by atoms with Crippen LogP contribution < -0.4 is 0 Å². The van der Waals surface area contributed by atoms with Gasteiger partial charge in [-0.2, -0.15) is 0 Å². The van der Waals surface area contributed by atoms with Crippen LogP contribution in [-0.4, -0.2) is 42.3 Å². The third kappa shape index (κ3) is 2.59. The molecule has 5 nitrogen and oxygen atoms in total. The number of amides is 1. The Morgan fingerprint density at radius 3 is 2.18 bits per heavy atom. The van der Waals surface area contributed by atoms with Crippen LogP contribution in [0.2, 0.25) is 0 Å². The molecule has 124 valence electrons. The van der Waals surface area contributed by atoms with Crippen LogP contribution in [-0.2, 0) is 14.3 Å². The molecule has 4 fully saturated rings. The Morgan fingerprint density at radius 1 is 1.05 bits per heavy atom. The minimum atomic E-state index is -0.551. The summed E-state index contributed by atoms with van der Waals surface area (Å²) in [6.07, 6.45) is 4.46. The number of ether oxygens (including phenoxy) is 2. The maximum absolute atomic E-state index is 12.6. The fourth-order valence-electron chi connectivity index (χ4n) is 4.85. The van der Waals surface area contributed by atoms with Crippen LogP contribution in [0.25, 0.3) is 0 Å². The van der Waals surface area contributed by atoms with Crippen molar-refractivity contribution in [3.63, 3.8) is 0 Å². The first-order valence-corrected chi connectivity index (χ1v) is 8.39. The Bertz CT molecular complexity index is 462. The van der Waals surface area contributed by atoms with Gasteiger partial charge < -0.3 is 9.47 Å². The molecule has 0 aromatic rings. The Morgan fingerprint density at radius 2 is 1.64 bits per heavy atom. The van der Waals surface area contributed by atoms with Gasteiger partial charge in [0.1, 0.15) is 11.6 Å². The summed E-state index contributed by atoms with van der Waals surface area (Å²) in [6.45, 7) is 6.20. The molecule has 0 radical (unpaired) electrons. The van der Waals surface area contributed by atoms with Gasteiger partial charge in [0.2, 0.25) is 0 Å². The first kappa shape index (κ1) is 15.6. The van der Waals surface area contributed by atoms with Gasteiger partial charge in [0.25, 0.3) is 0 Å². The zero-order chi connectivity index (χ0) is 16.1. The Kier molecular flexibility index (Phi) is 3.86. The number of esters is 1. The number of hydrogen-bond donors (Lipinski definition) is 0. The Hall–Kier alpha value is -1.26. The van der Waals surface area contributed by atoms with E-state index >= 15 is 0 Å². The molecule has 0 unspecified atom stereocenters. The monoisotopic (exact) mass is 309 g/mol. The SMILES string of the molecule is COC(=O)[C@H]1[C@@H]2C3CCC(CC3)[C@@H]2CN1C(=O)OC(C)(C)C. The molecular formula is C17H27NO4. The molecule has 5 heteroatoms. The summed E-state index contributed by atoms with van der Waals surface area (Å²) in [5, 5.41) is 0. The van der Waals surface area contributed by atoms with Crippen molar-refractivity contribution in [3.05, 3.63) is 0 Å². The van der Waals surface area contributed by atoms with Gasteiger partial charge in [-0.1, -0.05) is 0 Å². The van der Waals surface area contributed by atoms with Crippen LogP contribution in [0.1, 0.15) is 46.5 Å². The average molecular weight is 309 g/mol. The second-order valence-electron chi connectivity index (χ2n) is 8.02. The zero-order valence-electron chi connectivity index (χ0n) is 14.0. The highest BCUT2D eigenvalue weighted by molar-refractivity contribution is 5.82. The molecular weight excluding hydrogens is 282 g/mol. The van der Waals surface area contributed by atoms with E-state index in [-0.39, 0.29) is 18.0 Å². The molecule has 0 N–H and O–H groups in total. The largest absolute Gasteiger partial charge is 0.467 e. The normalized spacial score (nSPS) is 36.9. The van der Waals surface area contributed by atoms with E-state index in [1.54, 1.807) is 4.90 Å². The van der Waals surface area contributed by atoms with Crippen molar-refractivity contribution < 1.29 is 19.1 Å². The summed E-state index contributed by atoms with van der Waals surface area (Å²) < 4.78 is 10.5. The van der Waals surface area contributed by atoms with Crippen molar-refractivity contribution in [1.82, 2.24) is 4.90 Å². The molecule has 1 saturated heterocycles. The lowest BCUT2D eigenvalue weighted by Gasteiger charge is -2.46. The Labute approximate surface area is 132 Å². The van der Waals surface area contributed by atoms with E-state index in [1.165, 1.54) is 32.8 Å². The average Bonchev–Trinajstić information content (AvgIpc) is 2.88. The van der Waals surface area contributed by atoms with Crippen LogP contribution in [0.5, 0.6) is 0 Å². The van der Waals surface area contributed by atoms with Crippen molar-refractivity contribution in [2.45, 2.75) is 58.1 Å². The lowest BCUT2D eigenvalue weighted by Crippen LogP contribution is -2.48. The van der Waals surface area contributed by atoms with Crippen LogP contribution in [0.4, 0.5) is 4.79 Å². The van der Waals surface area contributed by atoms with Gasteiger partial charge in [-0.05, 0) is 70.1 Å². The summed E-state index contributed by atoms with van der Waals surface area (Å²) in [5.74, 6) is 1.60. The van der Waals surface area contributed by atoms with E-state index in [4.69, 9.17) is 9.47 Å². The first-order valence-electron chi connectivity index (χ1n) is 8.39. The number of carbonyl (C=O) groups is 2. The second kappa shape index (κ2) is 5.43. The number of fused-ring (bicyclic) bond motifs is 2. The third-order valence-corrected chi connectivity index (χ3v) is 5.64. The molecule has 0 aromatic heterocycles. The van der Waals surface area contributed by atoms with E-state index < -0.39 is 11.6 Å². The quantitative estimate of drug-likeness (QED) is 0.699. The highest BCUT2D eigenvalue weighted by Crippen LogP contribution is 2.54. The molecule has 3 atom stereocenters. The summed E-state index contributed by atoms with van der Waals surface area (Å²) in [7, 11) is 1.41. The molecule has 3 aliphatic carbocycles. The maximum Gasteiger partial charge on any atom is 0.411 e. The molecule has 1 heterocycles. The zero-order valence-corrected chi connectivity index (χ0v) is 14.0. The van der Waals surface area contributed by atoms with Gasteiger partial charge in [0, 0.05) is 6.54 Å². The number of likely N-dealkylation sites (tertiary alicyclic amines) is 1. The topological polar surface area (TPSA) is 55.8 Å². The lowest BCUT2D eigenvalue weighted by atomic mass is 9.58.